The second-order valence-corrected chi connectivity index (χ2v) is 6.36. The molecular weight excluding hydrogens is 294 g/mol. The summed E-state index contributed by atoms with van der Waals surface area (Å²) in [5.74, 6) is 0.241. The normalized spacial score (nSPS) is 23.7. The van der Waals surface area contributed by atoms with Crippen molar-refractivity contribution < 1.29 is 13.9 Å². The third kappa shape index (κ3) is 5.06. The van der Waals surface area contributed by atoms with Gasteiger partial charge in [0.25, 0.3) is 5.91 Å². The Balaban J connectivity index is 1.29. The second-order valence-electron chi connectivity index (χ2n) is 6.36. The molecule has 6 heteroatoms. The van der Waals surface area contributed by atoms with Gasteiger partial charge in [-0.25, -0.2) is 0 Å². The summed E-state index contributed by atoms with van der Waals surface area (Å²) in [7, 11) is 0. The van der Waals surface area contributed by atoms with Crippen molar-refractivity contribution in [3.8, 4) is 0 Å². The number of hydrogen-bond acceptors (Lipinski definition) is 5. The maximum atomic E-state index is 11.8. The summed E-state index contributed by atoms with van der Waals surface area (Å²) in [5, 5.41) is 2.90. The van der Waals surface area contributed by atoms with Crippen LogP contribution in [-0.4, -0.2) is 74.2 Å². The van der Waals surface area contributed by atoms with Crippen LogP contribution in [0.2, 0.25) is 0 Å². The minimum atomic E-state index is -0.136. The van der Waals surface area contributed by atoms with E-state index in [1.165, 1.54) is 25.5 Å². The molecule has 0 spiro atoms. The quantitative estimate of drug-likeness (QED) is 0.853. The first kappa shape index (κ1) is 16.5. The Bertz CT molecular complexity index is 463. The van der Waals surface area contributed by atoms with Gasteiger partial charge in [-0.3, -0.25) is 14.6 Å². The van der Waals surface area contributed by atoms with E-state index in [4.69, 9.17) is 9.15 Å². The average molecular weight is 321 g/mol. The molecule has 6 nitrogen and oxygen atoms in total. The molecule has 0 radical (unpaired) electrons. The minimum absolute atomic E-state index is 0.136. The lowest BCUT2D eigenvalue weighted by Crippen LogP contribution is -2.50. The first-order valence-corrected chi connectivity index (χ1v) is 8.69. The van der Waals surface area contributed by atoms with Crippen LogP contribution in [0.25, 0.3) is 0 Å². The highest BCUT2D eigenvalue weighted by molar-refractivity contribution is 5.91. The molecule has 3 heterocycles. The Morgan fingerprint density at radius 2 is 2.04 bits per heavy atom. The van der Waals surface area contributed by atoms with E-state index in [2.05, 4.69) is 15.1 Å². The zero-order chi connectivity index (χ0) is 15.9. The van der Waals surface area contributed by atoms with Crippen LogP contribution >= 0.6 is 0 Å². The number of carbonyl (C=O) groups is 1. The molecule has 1 unspecified atom stereocenters. The van der Waals surface area contributed by atoms with Gasteiger partial charge in [0.1, 0.15) is 0 Å². The summed E-state index contributed by atoms with van der Waals surface area (Å²) in [6.45, 7) is 7.85. The number of nitrogens with zero attached hydrogens (tertiary/aromatic N) is 2. The van der Waals surface area contributed by atoms with Gasteiger partial charge in [0.15, 0.2) is 5.76 Å². The van der Waals surface area contributed by atoms with E-state index >= 15 is 0 Å². The first-order valence-electron chi connectivity index (χ1n) is 8.69. The summed E-state index contributed by atoms with van der Waals surface area (Å²) in [4.78, 5) is 16.7. The number of nitrogens with one attached hydrogen (secondary N) is 1. The molecule has 2 aliphatic rings. The number of amides is 1. The fourth-order valence-electron chi connectivity index (χ4n) is 3.26. The van der Waals surface area contributed by atoms with Crippen molar-refractivity contribution in [1.29, 1.82) is 0 Å². The van der Waals surface area contributed by atoms with E-state index < -0.39 is 0 Å². The SMILES string of the molecule is O=C(NCCN1CCN(CC2CCCCO2)CC1)c1ccco1. The third-order valence-corrected chi connectivity index (χ3v) is 4.66. The summed E-state index contributed by atoms with van der Waals surface area (Å²) in [5.41, 5.74) is 0. The highest BCUT2D eigenvalue weighted by Crippen LogP contribution is 2.14. The summed E-state index contributed by atoms with van der Waals surface area (Å²) < 4.78 is 10.9. The third-order valence-electron chi connectivity index (χ3n) is 4.66. The molecule has 1 atom stereocenters. The lowest BCUT2D eigenvalue weighted by molar-refractivity contribution is -0.0139. The Morgan fingerprint density at radius 3 is 2.74 bits per heavy atom. The highest BCUT2D eigenvalue weighted by Gasteiger charge is 2.21. The van der Waals surface area contributed by atoms with Gasteiger partial charge in [0.2, 0.25) is 0 Å². The summed E-state index contributed by atoms with van der Waals surface area (Å²) in [6.07, 6.45) is 5.68. The number of carbonyl (C=O) groups excluding carboxylic acids is 1. The van der Waals surface area contributed by atoms with Crippen molar-refractivity contribution in [3.05, 3.63) is 24.2 Å². The molecule has 0 aromatic carbocycles. The van der Waals surface area contributed by atoms with Crippen LogP contribution in [0.4, 0.5) is 0 Å². The Morgan fingerprint density at radius 1 is 1.22 bits per heavy atom. The molecule has 2 fully saturated rings. The van der Waals surface area contributed by atoms with Crippen molar-refractivity contribution in [1.82, 2.24) is 15.1 Å². The van der Waals surface area contributed by atoms with E-state index in [9.17, 15) is 4.79 Å². The number of hydrogen-bond donors (Lipinski definition) is 1. The maximum Gasteiger partial charge on any atom is 0.287 e. The van der Waals surface area contributed by atoms with E-state index in [1.807, 2.05) is 0 Å². The van der Waals surface area contributed by atoms with Crippen molar-refractivity contribution in [3.63, 3.8) is 0 Å². The van der Waals surface area contributed by atoms with E-state index in [0.29, 0.717) is 18.4 Å². The van der Waals surface area contributed by atoms with Crippen LogP contribution in [0, 0.1) is 0 Å². The van der Waals surface area contributed by atoms with E-state index in [1.54, 1.807) is 12.1 Å². The van der Waals surface area contributed by atoms with Gasteiger partial charge < -0.3 is 14.5 Å². The molecule has 2 aliphatic heterocycles. The smallest absolute Gasteiger partial charge is 0.287 e. The molecule has 1 N–H and O–H groups in total. The van der Waals surface area contributed by atoms with Gasteiger partial charge in [-0.2, -0.15) is 0 Å². The molecule has 1 aromatic heterocycles. The monoisotopic (exact) mass is 321 g/mol. The van der Waals surface area contributed by atoms with E-state index in [-0.39, 0.29) is 5.91 Å². The predicted molar refractivity (Wildman–Crippen MR) is 87.5 cm³/mol. The fourth-order valence-corrected chi connectivity index (χ4v) is 3.26. The van der Waals surface area contributed by atoms with Crippen LogP contribution in [0.15, 0.2) is 22.8 Å². The predicted octanol–water partition coefficient (Wildman–Crippen LogP) is 1.20. The van der Waals surface area contributed by atoms with Crippen LogP contribution in [0.5, 0.6) is 0 Å². The zero-order valence-electron chi connectivity index (χ0n) is 13.7. The highest BCUT2D eigenvalue weighted by atomic mass is 16.5. The van der Waals surface area contributed by atoms with Crippen LogP contribution in [0.3, 0.4) is 0 Å². The van der Waals surface area contributed by atoms with Crippen molar-refractivity contribution in [2.75, 3.05) is 52.4 Å². The molecule has 23 heavy (non-hydrogen) atoms. The minimum Gasteiger partial charge on any atom is -0.459 e. The molecule has 0 aliphatic carbocycles. The molecule has 1 amide bonds. The fraction of sp³-hybridized carbons (Fsp3) is 0.706. The van der Waals surface area contributed by atoms with Gasteiger partial charge in [0.05, 0.1) is 12.4 Å². The van der Waals surface area contributed by atoms with Gasteiger partial charge in [-0.1, -0.05) is 0 Å². The lowest BCUT2D eigenvalue weighted by Gasteiger charge is -2.37. The van der Waals surface area contributed by atoms with Crippen LogP contribution in [0.1, 0.15) is 29.8 Å². The van der Waals surface area contributed by atoms with Gasteiger partial charge >= 0.3 is 0 Å². The van der Waals surface area contributed by atoms with Crippen molar-refractivity contribution in [2.24, 2.45) is 0 Å². The van der Waals surface area contributed by atoms with Crippen LogP contribution in [-0.2, 0) is 4.74 Å². The number of piperazine rings is 1. The molecule has 0 bridgehead atoms. The van der Waals surface area contributed by atoms with Gasteiger partial charge in [-0.05, 0) is 31.4 Å². The summed E-state index contributed by atoms with van der Waals surface area (Å²) in [6, 6.07) is 3.41. The topological polar surface area (TPSA) is 58.0 Å². The Hall–Kier alpha value is -1.37. The van der Waals surface area contributed by atoms with Crippen molar-refractivity contribution in [2.45, 2.75) is 25.4 Å². The standard InChI is InChI=1S/C17H27N3O3/c21-17(16-5-3-13-23-16)18-6-7-19-8-10-20(11-9-19)14-15-4-1-2-12-22-15/h3,5,13,15H,1-2,4,6-12,14H2,(H,18,21). The number of ether oxygens (including phenoxy) is 1. The van der Waals surface area contributed by atoms with E-state index in [0.717, 1.165) is 45.9 Å². The largest absolute Gasteiger partial charge is 0.459 e. The molecule has 1 aromatic rings. The first-order chi connectivity index (χ1) is 11.3. The van der Waals surface area contributed by atoms with Gasteiger partial charge in [0, 0.05) is 52.4 Å². The number of rotatable bonds is 6. The number of furan rings is 1. The zero-order valence-corrected chi connectivity index (χ0v) is 13.7. The van der Waals surface area contributed by atoms with Crippen LogP contribution < -0.4 is 5.32 Å². The Kier molecular flexibility index (Phi) is 6.07. The molecule has 128 valence electrons. The lowest BCUT2D eigenvalue weighted by atomic mass is 10.1. The summed E-state index contributed by atoms with van der Waals surface area (Å²) >= 11 is 0. The molecular formula is C17H27N3O3. The molecule has 2 saturated heterocycles. The average Bonchev–Trinajstić information content (AvgIpc) is 3.12. The van der Waals surface area contributed by atoms with Crippen molar-refractivity contribution >= 4 is 5.91 Å². The maximum absolute atomic E-state index is 11.8. The molecule has 0 saturated carbocycles. The Labute approximate surface area is 137 Å². The van der Waals surface area contributed by atoms with Gasteiger partial charge in [-0.15, -0.1) is 0 Å². The molecule has 3 rings (SSSR count). The second kappa shape index (κ2) is 8.47.